The number of carbonyl (C=O) groups is 1. The summed E-state index contributed by atoms with van der Waals surface area (Å²) >= 11 is 0. The summed E-state index contributed by atoms with van der Waals surface area (Å²) in [5.74, 6) is -1.14. The van der Waals surface area contributed by atoms with Crippen LogP contribution in [0.15, 0.2) is 12.1 Å². The van der Waals surface area contributed by atoms with Crippen molar-refractivity contribution in [2.75, 3.05) is 13.1 Å². The number of benzene rings is 1. The van der Waals surface area contributed by atoms with Crippen LogP contribution in [0.25, 0.3) is 0 Å². The van der Waals surface area contributed by atoms with Crippen molar-refractivity contribution in [3.63, 3.8) is 0 Å². The molecule has 2 rings (SSSR count). The summed E-state index contributed by atoms with van der Waals surface area (Å²) in [4.78, 5) is 24.4. The average molecular weight is 294 g/mol. The predicted molar refractivity (Wildman–Crippen MR) is 76.7 cm³/mol. The predicted octanol–water partition coefficient (Wildman–Crippen LogP) is 3.30. The number of piperidine rings is 1. The monoisotopic (exact) mass is 294 g/mol. The van der Waals surface area contributed by atoms with E-state index >= 15 is 0 Å². The number of nitro groups is 1. The first-order valence-electron chi connectivity index (χ1n) is 6.95. The van der Waals surface area contributed by atoms with Crippen molar-refractivity contribution in [1.29, 1.82) is 0 Å². The molecule has 0 N–H and O–H groups in total. The van der Waals surface area contributed by atoms with Gasteiger partial charge in [0.1, 0.15) is 5.82 Å². The van der Waals surface area contributed by atoms with E-state index in [1.165, 1.54) is 6.92 Å². The van der Waals surface area contributed by atoms with Crippen molar-refractivity contribution < 1.29 is 14.1 Å². The summed E-state index contributed by atoms with van der Waals surface area (Å²) in [7, 11) is 0. The molecular weight excluding hydrogens is 275 g/mol. The topological polar surface area (TPSA) is 63.5 Å². The van der Waals surface area contributed by atoms with Crippen LogP contribution in [0.2, 0.25) is 0 Å². The molecule has 0 spiro atoms. The molecule has 21 heavy (non-hydrogen) atoms. The first kappa shape index (κ1) is 15.4. The molecule has 0 radical (unpaired) electrons. The Morgan fingerprint density at radius 2 is 2.10 bits per heavy atom. The van der Waals surface area contributed by atoms with Crippen LogP contribution in [0.5, 0.6) is 0 Å². The highest BCUT2D eigenvalue weighted by molar-refractivity contribution is 5.95. The summed E-state index contributed by atoms with van der Waals surface area (Å²) in [5.41, 5.74) is -0.364. The second-order valence-electron chi connectivity index (χ2n) is 6.38. The highest BCUT2D eigenvalue weighted by atomic mass is 19.1. The fraction of sp³-hybridized carbons (Fsp3) is 0.533. The Hall–Kier alpha value is -1.98. The molecule has 1 amide bonds. The molecule has 1 heterocycles. The van der Waals surface area contributed by atoms with Crippen LogP contribution in [-0.4, -0.2) is 28.8 Å². The first-order valence-corrected chi connectivity index (χ1v) is 6.95. The Morgan fingerprint density at radius 3 is 2.67 bits per heavy atom. The van der Waals surface area contributed by atoms with Crippen molar-refractivity contribution in [2.24, 2.45) is 5.41 Å². The molecule has 0 unspecified atom stereocenters. The van der Waals surface area contributed by atoms with E-state index in [1.54, 1.807) is 4.90 Å². The number of carbonyl (C=O) groups excluding carboxylic acids is 1. The molecular formula is C15H19FN2O3. The van der Waals surface area contributed by atoms with Gasteiger partial charge in [0.15, 0.2) is 0 Å². The minimum Gasteiger partial charge on any atom is -0.338 e. The number of rotatable bonds is 2. The van der Waals surface area contributed by atoms with E-state index in [0.717, 1.165) is 25.0 Å². The van der Waals surface area contributed by atoms with Crippen LogP contribution in [0.4, 0.5) is 10.1 Å². The normalized spacial score (nSPS) is 17.6. The van der Waals surface area contributed by atoms with Crippen LogP contribution in [0.1, 0.15) is 42.6 Å². The van der Waals surface area contributed by atoms with Crippen molar-refractivity contribution in [2.45, 2.75) is 33.6 Å². The number of non-ortho nitro benzene ring substituents is 1. The Morgan fingerprint density at radius 1 is 1.43 bits per heavy atom. The zero-order chi connectivity index (χ0) is 15.8. The fourth-order valence-electron chi connectivity index (χ4n) is 2.78. The average Bonchev–Trinajstić information content (AvgIpc) is 2.39. The van der Waals surface area contributed by atoms with Gasteiger partial charge in [0.2, 0.25) is 0 Å². The van der Waals surface area contributed by atoms with Crippen molar-refractivity contribution in [3.05, 3.63) is 39.2 Å². The molecule has 0 aliphatic carbocycles. The molecule has 114 valence electrons. The van der Waals surface area contributed by atoms with Gasteiger partial charge in [-0.25, -0.2) is 4.39 Å². The van der Waals surface area contributed by atoms with Crippen LogP contribution >= 0.6 is 0 Å². The number of hydrogen-bond donors (Lipinski definition) is 0. The fourth-order valence-corrected chi connectivity index (χ4v) is 2.78. The van der Waals surface area contributed by atoms with Gasteiger partial charge in [0, 0.05) is 25.2 Å². The number of likely N-dealkylation sites (tertiary alicyclic amines) is 1. The maximum absolute atomic E-state index is 14.2. The Kier molecular flexibility index (Phi) is 3.98. The van der Waals surface area contributed by atoms with Crippen LogP contribution in [0.3, 0.4) is 0 Å². The molecule has 1 aliphatic rings. The molecule has 1 aliphatic heterocycles. The van der Waals surface area contributed by atoms with Gasteiger partial charge < -0.3 is 4.90 Å². The molecule has 0 atom stereocenters. The van der Waals surface area contributed by atoms with Crippen LogP contribution < -0.4 is 0 Å². The Bertz CT molecular complexity index is 599. The lowest BCUT2D eigenvalue weighted by Crippen LogP contribution is -2.43. The zero-order valence-electron chi connectivity index (χ0n) is 12.5. The summed E-state index contributed by atoms with van der Waals surface area (Å²) in [6.45, 7) is 6.64. The largest absolute Gasteiger partial charge is 0.338 e. The molecule has 0 bridgehead atoms. The first-order chi connectivity index (χ1) is 9.71. The lowest BCUT2D eigenvalue weighted by atomic mass is 9.84. The van der Waals surface area contributed by atoms with E-state index in [-0.39, 0.29) is 22.2 Å². The Labute approximate surface area is 122 Å². The maximum Gasteiger partial charge on any atom is 0.270 e. The van der Waals surface area contributed by atoms with Gasteiger partial charge in [-0.1, -0.05) is 13.8 Å². The minimum absolute atomic E-state index is 0.0137. The standard InChI is InChI=1S/C15H19FN2O3/c1-10-7-11(18(20)21)8-12(13(10)16)14(19)17-6-4-5-15(2,3)9-17/h7-8H,4-6,9H2,1-3H3. The number of hydrogen-bond acceptors (Lipinski definition) is 3. The number of halogens is 1. The highest BCUT2D eigenvalue weighted by Crippen LogP contribution is 2.30. The smallest absolute Gasteiger partial charge is 0.270 e. The quantitative estimate of drug-likeness (QED) is 0.621. The van der Waals surface area contributed by atoms with Gasteiger partial charge in [0.05, 0.1) is 10.5 Å². The Balaban J connectivity index is 2.36. The van der Waals surface area contributed by atoms with Crippen molar-refractivity contribution in [1.82, 2.24) is 4.90 Å². The molecule has 1 fully saturated rings. The molecule has 5 nitrogen and oxygen atoms in total. The second kappa shape index (κ2) is 5.42. The number of nitrogens with zero attached hydrogens (tertiary/aromatic N) is 2. The highest BCUT2D eigenvalue weighted by Gasteiger charge is 2.31. The maximum atomic E-state index is 14.2. The van der Waals surface area contributed by atoms with E-state index in [2.05, 4.69) is 13.8 Å². The molecule has 0 aromatic heterocycles. The van der Waals surface area contributed by atoms with Crippen LogP contribution in [0, 0.1) is 28.3 Å². The summed E-state index contributed by atoms with van der Waals surface area (Å²) in [5, 5.41) is 10.9. The van der Waals surface area contributed by atoms with Crippen molar-refractivity contribution >= 4 is 11.6 Å². The van der Waals surface area contributed by atoms with Crippen molar-refractivity contribution in [3.8, 4) is 0 Å². The second-order valence-corrected chi connectivity index (χ2v) is 6.38. The minimum atomic E-state index is -0.672. The molecule has 1 saturated heterocycles. The number of nitro benzene ring substituents is 1. The van der Waals surface area contributed by atoms with Gasteiger partial charge in [-0.3, -0.25) is 14.9 Å². The van der Waals surface area contributed by atoms with Gasteiger partial charge in [-0.05, 0) is 30.7 Å². The molecule has 0 saturated carbocycles. The van der Waals surface area contributed by atoms with Gasteiger partial charge in [0.25, 0.3) is 11.6 Å². The lowest BCUT2D eigenvalue weighted by Gasteiger charge is -2.38. The van der Waals surface area contributed by atoms with Gasteiger partial charge in [-0.15, -0.1) is 0 Å². The van der Waals surface area contributed by atoms with Crippen LogP contribution in [-0.2, 0) is 0 Å². The molecule has 1 aromatic rings. The molecule has 6 heteroatoms. The summed E-state index contributed by atoms with van der Waals surface area (Å²) in [6.07, 6.45) is 1.86. The third-order valence-electron chi connectivity index (χ3n) is 3.87. The third-order valence-corrected chi connectivity index (χ3v) is 3.87. The molecule has 1 aromatic carbocycles. The number of aryl methyl sites for hydroxylation is 1. The van der Waals surface area contributed by atoms with E-state index < -0.39 is 16.6 Å². The van der Waals surface area contributed by atoms with E-state index in [0.29, 0.717) is 13.1 Å². The van der Waals surface area contributed by atoms with E-state index in [9.17, 15) is 19.3 Å². The lowest BCUT2D eigenvalue weighted by molar-refractivity contribution is -0.385. The summed E-state index contributed by atoms with van der Waals surface area (Å²) < 4.78 is 14.2. The van der Waals surface area contributed by atoms with E-state index in [1.807, 2.05) is 0 Å². The zero-order valence-corrected chi connectivity index (χ0v) is 12.5. The SMILES string of the molecule is Cc1cc([N+](=O)[O-])cc(C(=O)N2CCCC(C)(C)C2)c1F. The van der Waals surface area contributed by atoms with Gasteiger partial charge >= 0.3 is 0 Å². The van der Waals surface area contributed by atoms with Gasteiger partial charge in [-0.2, -0.15) is 0 Å². The third kappa shape index (κ3) is 3.20. The number of amides is 1. The van der Waals surface area contributed by atoms with E-state index in [4.69, 9.17) is 0 Å². The summed E-state index contributed by atoms with van der Waals surface area (Å²) in [6, 6.07) is 2.18.